The Morgan fingerprint density at radius 3 is 2.40 bits per heavy atom. The van der Waals surface area contributed by atoms with E-state index in [1.54, 1.807) is 6.07 Å². The number of amides is 2. The number of nitriles is 1. The number of carboxylic acid groups (broad SMARTS) is 1. The molecule has 1 aliphatic rings. The topological polar surface area (TPSA) is 107 Å². The second-order valence-electron chi connectivity index (χ2n) is 4.01. The zero-order valence-electron chi connectivity index (χ0n) is 8.27. The van der Waals surface area contributed by atoms with Crippen LogP contribution in [-0.2, 0) is 14.4 Å². The Labute approximate surface area is 85.9 Å². The first-order valence-electron chi connectivity index (χ1n) is 4.29. The summed E-state index contributed by atoms with van der Waals surface area (Å²) in [7, 11) is 0. The van der Waals surface area contributed by atoms with Crippen molar-refractivity contribution >= 4 is 17.8 Å². The van der Waals surface area contributed by atoms with E-state index < -0.39 is 35.0 Å². The number of nitrogens with one attached hydrogen (secondary N) is 1. The van der Waals surface area contributed by atoms with Crippen LogP contribution in [0.5, 0.6) is 0 Å². The third-order valence-corrected chi connectivity index (χ3v) is 2.63. The first-order chi connectivity index (χ1) is 6.82. The summed E-state index contributed by atoms with van der Waals surface area (Å²) in [5, 5.41) is 19.5. The van der Waals surface area contributed by atoms with Crippen molar-refractivity contribution in [3.8, 4) is 6.07 Å². The van der Waals surface area contributed by atoms with Crippen LogP contribution in [0.2, 0.25) is 0 Å². The molecule has 6 heteroatoms. The Kier molecular flexibility index (Phi) is 2.50. The van der Waals surface area contributed by atoms with E-state index in [1.165, 1.54) is 13.8 Å². The van der Waals surface area contributed by atoms with Crippen LogP contribution in [0.15, 0.2) is 0 Å². The minimum Gasteiger partial charge on any atom is -0.481 e. The number of carboxylic acids is 1. The van der Waals surface area contributed by atoms with E-state index in [2.05, 4.69) is 0 Å². The number of hydrogen-bond acceptors (Lipinski definition) is 4. The predicted octanol–water partition coefficient (Wildman–Crippen LogP) is -0.490. The van der Waals surface area contributed by atoms with E-state index in [1.807, 2.05) is 5.32 Å². The second kappa shape index (κ2) is 3.35. The average molecular weight is 210 g/mol. The number of rotatable bonds is 1. The summed E-state index contributed by atoms with van der Waals surface area (Å²) in [5.74, 6) is -5.42. The SMILES string of the molecule is CC1(C)C(C#N)C(=O)NC(=O)C1C(=O)O. The van der Waals surface area contributed by atoms with Crippen molar-refractivity contribution < 1.29 is 19.5 Å². The largest absolute Gasteiger partial charge is 0.481 e. The van der Waals surface area contributed by atoms with Gasteiger partial charge in [0.25, 0.3) is 0 Å². The normalized spacial score (nSPS) is 29.1. The fourth-order valence-corrected chi connectivity index (χ4v) is 1.76. The highest BCUT2D eigenvalue weighted by atomic mass is 16.4. The van der Waals surface area contributed by atoms with Crippen molar-refractivity contribution in [2.24, 2.45) is 17.3 Å². The Balaban J connectivity index is 3.21. The standard InChI is InChI=1S/C9H10N2O4/c1-9(2)4(3-10)6(12)11-7(13)5(9)8(14)15/h4-5H,1-2H3,(H,14,15)(H,11,12,13). The third kappa shape index (κ3) is 1.56. The van der Waals surface area contributed by atoms with Crippen molar-refractivity contribution in [3.05, 3.63) is 0 Å². The second-order valence-corrected chi connectivity index (χ2v) is 4.01. The monoisotopic (exact) mass is 210 g/mol. The molecule has 2 unspecified atom stereocenters. The Bertz CT molecular complexity index is 380. The van der Waals surface area contributed by atoms with Gasteiger partial charge in [0.15, 0.2) is 0 Å². The zero-order chi connectivity index (χ0) is 11.8. The highest BCUT2D eigenvalue weighted by Crippen LogP contribution is 2.38. The van der Waals surface area contributed by atoms with Gasteiger partial charge in [-0.05, 0) is 0 Å². The molecule has 0 aromatic heterocycles. The zero-order valence-corrected chi connectivity index (χ0v) is 8.27. The lowest BCUT2D eigenvalue weighted by Gasteiger charge is -2.37. The average Bonchev–Trinajstić information content (AvgIpc) is 2.00. The number of aliphatic carboxylic acids is 1. The lowest BCUT2D eigenvalue weighted by molar-refractivity contribution is -0.159. The molecule has 1 heterocycles. The van der Waals surface area contributed by atoms with Gasteiger partial charge in [-0.2, -0.15) is 5.26 Å². The summed E-state index contributed by atoms with van der Waals surface area (Å²) in [6.45, 7) is 2.85. The first-order valence-corrected chi connectivity index (χ1v) is 4.29. The summed E-state index contributed by atoms with van der Waals surface area (Å²) < 4.78 is 0. The van der Waals surface area contributed by atoms with Crippen LogP contribution in [-0.4, -0.2) is 22.9 Å². The molecule has 0 bridgehead atoms. The van der Waals surface area contributed by atoms with Crippen LogP contribution in [0, 0.1) is 28.6 Å². The van der Waals surface area contributed by atoms with Crippen molar-refractivity contribution in [2.75, 3.05) is 0 Å². The minimum atomic E-state index is -1.38. The van der Waals surface area contributed by atoms with Gasteiger partial charge in [-0.1, -0.05) is 13.8 Å². The maximum atomic E-state index is 11.3. The molecule has 2 amide bonds. The molecule has 2 atom stereocenters. The first kappa shape index (κ1) is 11.2. The molecule has 1 fully saturated rings. The molecule has 0 radical (unpaired) electrons. The van der Waals surface area contributed by atoms with Crippen LogP contribution in [0.4, 0.5) is 0 Å². The van der Waals surface area contributed by atoms with Crippen molar-refractivity contribution in [3.63, 3.8) is 0 Å². The van der Waals surface area contributed by atoms with Gasteiger partial charge in [-0.15, -0.1) is 0 Å². The van der Waals surface area contributed by atoms with Gasteiger partial charge in [0.2, 0.25) is 11.8 Å². The molecule has 0 saturated carbocycles. The number of hydrogen-bond donors (Lipinski definition) is 2. The summed E-state index contributed by atoms with van der Waals surface area (Å²) >= 11 is 0. The molecular weight excluding hydrogens is 200 g/mol. The molecule has 0 aromatic rings. The van der Waals surface area contributed by atoms with E-state index in [9.17, 15) is 14.4 Å². The Morgan fingerprint density at radius 2 is 2.00 bits per heavy atom. The van der Waals surface area contributed by atoms with E-state index in [0.717, 1.165) is 0 Å². The lowest BCUT2D eigenvalue weighted by atomic mass is 9.66. The summed E-state index contributed by atoms with van der Waals surface area (Å²) in [6.07, 6.45) is 0. The maximum Gasteiger partial charge on any atom is 0.316 e. The number of carbonyl (C=O) groups excluding carboxylic acids is 2. The molecule has 1 aliphatic heterocycles. The number of imide groups is 1. The molecule has 80 valence electrons. The van der Waals surface area contributed by atoms with Gasteiger partial charge in [-0.3, -0.25) is 19.7 Å². The smallest absolute Gasteiger partial charge is 0.316 e. The molecule has 2 N–H and O–H groups in total. The van der Waals surface area contributed by atoms with Crippen LogP contribution < -0.4 is 5.32 Å². The third-order valence-electron chi connectivity index (χ3n) is 2.63. The van der Waals surface area contributed by atoms with Gasteiger partial charge in [-0.25, -0.2) is 0 Å². The van der Waals surface area contributed by atoms with E-state index in [4.69, 9.17) is 10.4 Å². The van der Waals surface area contributed by atoms with Crippen molar-refractivity contribution in [1.82, 2.24) is 5.32 Å². The highest BCUT2D eigenvalue weighted by Gasteiger charge is 2.53. The summed E-state index contributed by atoms with van der Waals surface area (Å²) in [4.78, 5) is 33.4. The van der Waals surface area contributed by atoms with Crippen molar-refractivity contribution in [2.45, 2.75) is 13.8 Å². The Morgan fingerprint density at radius 1 is 1.47 bits per heavy atom. The van der Waals surface area contributed by atoms with Crippen LogP contribution >= 0.6 is 0 Å². The van der Waals surface area contributed by atoms with Crippen molar-refractivity contribution in [1.29, 1.82) is 5.26 Å². The maximum absolute atomic E-state index is 11.3. The van der Waals surface area contributed by atoms with Crippen LogP contribution in [0.1, 0.15) is 13.8 Å². The lowest BCUT2D eigenvalue weighted by Crippen LogP contribution is -2.58. The highest BCUT2D eigenvalue weighted by molar-refractivity contribution is 6.09. The molecule has 1 rings (SSSR count). The van der Waals surface area contributed by atoms with Gasteiger partial charge >= 0.3 is 5.97 Å². The minimum absolute atomic E-state index is 0.731. The fourth-order valence-electron chi connectivity index (χ4n) is 1.76. The molecule has 6 nitrogen and oxygen atoms in total. The van der Waals surface area contributed by atoms with Crippen LogP contribution in [0.3, 0.4) is 0 Å². The quantitative estimate of drug-likeness (QED) is 0.448. The number of piperidine rings is 1. The molecular formula is C9H10N2O4. The number of carbonyl (C=O) groups is 3. The predicted molar refractivity (Wildman–Crippen MR) is 47.2 cm³/mol. The Hall–Kier alpha value is -1.90. The van der Waals surface area contributed by atoms with Gasteiger partial charge in [0.1, 0.15) is 11.8 Å². The summed E-state index contributed by atoms with van der Waals surface area (Å²) in [5.41, 5.74) is -1.19. The van der Waals surface area contributed by atoms with Crippen LogP contribution in [0.25, 0.3) is 0 Å². The van der Waals surface area contributed by atoms with E-state index in [-0.39, 0.29) is 0 Å². The van der Waals surface area contributed by atoms with Gasteiger partial charge < -0.3 is 5.11 Å². The molecule has 0 spiro atoms. The molecule has 0 aromatic carbocycles. The molecule has 1 saturated heterocycles. The number of nitrogens with zero attached hydrogens (tertiary/aromatic N) is 1. The molecule has 15 heavy (non-hydrogen) atoms. The van der Waals surface area contributed by atoms with Gasteiger partial charge in [0.05, 0.1) is 6.07 Å². The van der Waals surface area contributed by atoms with Gasteiger partial charge in [0, 0.05) is 5.41 Å². The summed E-state index contributed by atoms with van der Waals surface area (Å²) in [6, 6.07) is 1.72. The van der Waals surface area contributed by atoms with E-state index in [0.29, 0.717) is 0 Å². The fraction of sp³-hybridized carbons (Fsp3) is 0.556. The molecule has 0 aliphatic carbocycles. The van der Waals surface area contributed by atoms with E-state index >= 15 is 0 Å².